The summed E-state index contributed by atoms with van der Waals surface area (Å²) in [6.45, 7) is 1.54. The topological polar surface area (TPSA) is 77.7 Å². The number of nitrogens with zero attached hydrogens (tertiary/aromatic N) is 4. The van der Waals surface area contributed by atoms with E-state index in [2.05, 4.69) is 15.0 Å². The fourth-order valence-electron chi connectivity index (χ4n) is 5.54. The largest absolute Gasteiger partial charge is 0.416 e. The lowest BCUT2D eigenvalue weighted by Crippen LogP contribution is -2.22. The first-order chi connectivity index (χ1) is 21.7. The molecule has 1 fully saturated rings. The summed E-state index contributed by atoms with van der Waals surface area (Å²) in [5.74, 6) is 0.0198. The van der Waals surface area contributed by atoms with E-state index in [0.717, 1.165) is 41.5 Å². The Morgan fingerprint density at radius 1 is 0.978 bits per heavy atom. The summed E-state index contributed by atoms with van der Waals surface area (Å²) in [6, 6.07) is 7.04. The minimum absolute atomic E-state index is 0.0696. The van der Waals surface area contributed by atoms with Gasteiger partial charge in [0.1, 0.15) is 5.82 Å². The fraction of sp³-hybridized carbons (Fsp3) is 0.344. The van der Waals surface area contributed by atoms with Crippen LogP contribution in [-0.4, -0.2) is 46.1 Å². The molecular formula is C32H30F6N4O2S2. The monoisotopic (exact) mass is 680 g/mol. The summed E-state index contributed by atoms with van der Waals surface area (Å²) in [5, 5.41) is 0. The maximum Gasteiger partial charge on any atom is 0.416 e. The number of aryl methyl sites for hydroxylation is 1. The molecule has 2 unspecified atom stereocenters. The molecule has 0 spiro atoms. The highest BCUT2D eigenvalue weighted by molar-refractivity contribution is 7.98. The van der Waals surface area contributed by atoms with Gasteiger partial charge in [0.2, 0.25) is 0 Å². The van der Waals surface area contributed by atoms with E-state index in [1.54, 1.807) is 37.0 Å². The normalized spacial score (nSPS) is 18.7. The number of allylic oxidation sites excluding steroid dienone is 4. The molecule has 6 nitrogen and oxygen atoms in total. The first kappa shape index (κ1) is 33.7. The van der Waals surface area contributed by atoms with Crippen LogP contribution >= 0.6 is 11.8 Å². The molecule has 4 aromatic rings. The van der Waals surface area contributed by atoms with Crippen molar-refractivity contribution in [3.63, 3.8) is 0 Å². The van der Waals surface area contributed by atoms with Crippen molar-refractivity contribution in [2.45, 2.75) is 47.8 Å². The van der Waals surface area contributed by atoms with Crippen molar-refractivity contribution in [3.05, 3.63) is 90.0 Å². The minimum Gasteiger partial charge on any atom is -0.327 e. The van der Waals surface area contributed by atoms with Crippen molar-refractivity contribution >= 4 is 32.6 Å². The lowest BCUT2D eigenvalue weighted by Gasteiger charge is -2.28. The molecule has 2 aliphatic rings. The van der Waals surface area contributed by atoms with E-state index in [4.69, 9.17) is 0 Å². The number of halogens is 6. The van der Waals surface area contributed by atoms with E-state index in [9.17, 15) is 34.8 Å². The van der Waals surface area contributed by atoms with Gasteiger partial charge in [-0.2, -0.15) is 26.3 Å². The Balaban J connectivity index is 0.000000182. The van der Waals surface area contributed by atoms with Crippen molar-refractivity contribution in [2.24, 2.45) is 18.9 Å². The number of sulfone groups is 1. The molecular weight excluding hydrogens is 651 g/mol. The zero-order valence-corrected chi connectivity index (χ0v) is 26.6. The third-order valence-corrected chi connectivity index (χ3v) is 10.6. The van der Waals surface area contributed by atoms with Gasteiger partial charge in [-0.3, -0.25) is 9.97 Å². The Bertz CT molecular complexity index is 1910. The predicted molar refractivity (Wildman–Crippen MR) is 165 cm³/mol. The summed E-state index contributed by atoms with van der Waals surface area (Å²) in [5.41, 5.74) is 1.05. The Labute approximate surface area is 266 Å². The van der Waals surface area contributed by atoms with Gasteiger partial charge in [0, 0.05) is 48.2 Å². The molecule has 0 N–H and O–H groups in total. The maximum atomic E-state index is 13.0. The van der Waals surface area contributed by atoms with Crippen molar-refractivity contribution < 1.29 is 34.8 Å². The number of hydrogen-bond acceptors (Lipinski definition) is 6. The third-order valence-electron chi connectivity index (χ3n) is 8.11. The molecule has 0 amide bonds. The molecule has 0 saturated heterocycles. The van der Waals surface area contributed by atoms with Crippen LogP contribution in [0.3, 0.4) is 0 Å². The molecule has 244 valence electrons. The van der Waals surface area contributed by atoms with Crippen LogP contribution in [0.5, 0.6) is 0 Å². The molecule has 3 aromatic heterocycles. The van der Waals surface area contributed by atoms with Crippen molar-refractivity contribution in [2.75, 3.05) is 12.0 Å². The second kappa shape index (κ2) is 12.9. The van der Waals surface area contributed by atoms with Gasteiger partial charge < -0.3 is 4.57 Å². The van der Waals surface area contributed by atoms with E-state index < -0.39 is 33.3 Å². The van der Waals surface area contributed by atoms with Gasteiger partial charge >= 0.3 is 12.4 Å². The number of aromatic nitrogens is 4. The zero-order chi connectivity index (χ0) is 33.4. The van der Waals surface area contributed by atoms with Crippen molar-refractivity contribution in [3.8, 4) is 11.4 Å². The van der Waals surface area contributed by atoms with Gasteiger partial charge in [0.05, 0.1) is 32.8 Å². The summed E-state index contributed by atoms with van der Waals surface area (Å²) in [7, 11) is -1.69. The van der Waals surface area contributed by atoms with Gasteiger partial charge in [0.15, 0.2) is 9.84 Å². The number of rotatable bonds is 6. The van der Waals surface area contributed by atoms with Crippen molar-refractivity contribution in [1.29, 1.82) is 0 Å². The van der Waals surface area contributed by atoms with Crippen LogP contribution in [0.2, 0.25) is 0 Å². The predicted octanol–water partition coefficient (Wildman–Crippen LogP) is 8.42. The molecule has 1 saturated carbocycles. The van der Waals surface area contributed by atoms with Crippen molar-refractivity contribution in [1.82, 2.24) is 19.5 Å². The Morgan fingerprint density at radius 3 is 2.30 bits per heavy atom. The summed E-state index contributed by atoms with van der Waals surface area (Å²) >= 11 is 1.52. The number of thioether (sulfide) groups is 1. The van der Waals surface area contributed by atoms with Crippen LogP contribution in [0.25, 0.3) is 22.4 Å². The molecule has 2 aliphatic carbocycles. The lowest BCUT2D eigenvalue weighted by molar-refractivity contribution is -0.137. The Hall–Kier alpha value is -3.65. The molecule has 14 heteroatoms. The van der Waals surface area contributed by atoms with Crippen LogP contribution in [0.1, 0.15) is 36.8 Å². The quantitative estimate of drug-likeness (QED) is 0.150. The molecule has 0 bridgehead atoms. The summed E-state index contributed by atoms with van der Waals surface area (Å²) in [6.07, 6.45) is 4.90. The molecule has 6 rings (SSSR count). The maximum absolute atomic E-state index is 13.0. The van der Waals surface area contributed by atoms with Crippen LogP contribution < -0.4 is 0 Å². The second-order valence-corrected chi connectivity index (χ2v) is 14.1. The SMILES string of the molecule is CCS(=O)(=O)c1cnccc1C1C=CC(C(F)(F)F)=CC1C1CC1.CSc1cnccc1-c1nc2cc(C(F)(F)F)ccc2n1C. The van der Waals surface area contributed by atoms with Gasteiger partial charge in [0.25, 0.3) is 0 Å². The number of fused-ring (bicyclic) bond motifs is 1. The first-order valence-electron chi connectivity index (χ1n) is 14.3. The molecule has 1 aromatic carbocycles. The highest BCUT2D eigenvalue weighted by Gasteiger charge is 2.42. The molecule has 2 atom stereocenters. The highest BCUT2D eigenvalue weighted by atomic mass is 32.2. The van der Waals surface area contributed by atoms with Crippen LogP contribution in [0.15, 0.2) is 88.7 Å². The number of benzene rings is 1. The standard InChI is InChI=1S/C17H18F3NO2S.C15H12F3N3S/c1-2-24(22,23)16-10-21-8-7-14(16)13-6-5-12(17(18,19)20)9-15(13)11-3-4-11;1-21-12-4-3-9(15(16,17)18)7-11(12)20-14(21)10-5-6-19-8-13(10)22-2/h5-11,13,15H,2-4H2,1H3;3-8H,1-2H3. The first-order valence-corrected chi connectivity index (χ1v) is 17.2. The van der Waals surface area contributed by atoms with E-state index in [0.29, 0.717) is 22.4 Å². The van der Waals surface area contributed by atoms with Gasteiger partial charge in [-0.05, 0) is 66.8 Å². The van der Waals surface area contributed by atoms with E-state index in [-0.39, 0.29) is 28.4 Å². The number of pyridine rings is 2. The average molecular weight is 681 g/mol. The van der Waals surface area contributed by atoms with Crippen LogP contribution in [-0.2, 0) is 23.1 Å². The number of alkyl halides is 6. The molecule has 0 aliphatic heterocycles. The highest BCUT2D eigenvalue weighted by Crippen LogP contribution is 2.49. The van der Waals surface area contributed by atoms with Crippen LogP contribution in [0.4, 0.5) is 26.3 Å². The summed E-state index contributed by atoms with van der Waals surface area (Å²) in [4.78, 5) is 13.4. The fourth-order valence-corrected chi connectivity index (χ4v) is 7.18. The van der Waals surface area contributed by atoms with E-state index in [1.807, 2.05) is 12.3 Å². The smallest absolute Gasteiger partial charge is 0.327 e. The van der Waals surface area contributed by atoms with Gasteiger partial charge in [-0.1, -0.05) is 25.2 Å². The number of hydrogen-bond donors (Lipinski definition) is 0. The molecule has 46 heavy (non-hydrogen) atoms. The average Bonchev–Trinajstić information content (AvgIpc) is 3.83. The second-order valence-electron chi connectivity index (χ2n) is 11.0. The lowest BCUT2D eigenvalue weighted by atomic mass is 9.78. The zero-order valence-electron chi connectivity index (χ0n) is 25.0. The van der Waals surface area contributed by atoms with Crippen LogP contribution in [0, 0.1) is 11.8 Å². The van der Waals surface area contributed by atoms with Gasteiger partial charge in [-0.15, -0.1) is 11.8 Å². The molecule has 3 heterocycles. The molecule has 0 radical (unpaired) electrons. The Morgan fingerprint density at radius 2 is 1.67 bits per heavy atom. The van der Waals surface area contributed by atoms with E-state index >= 15 is 0 Å². The Kier molecular flexibility index (Phi) is 9.42. The third kappa shape index (κ3) is 7.02. The number of imidazole rings is 1. The van der Waals surface area contributed by atoms with E-state index in [1.165, 1.54) is 42.4 Å². The van der Waals surface area contributed by atoms with Gasteiger partial charge in [-0.25, -0.2) is 13.4 Å². The minimum atomic E-state index is -4.38. The summed E-state index contributed by atoms with van der Waals surface area (Å²) < 4.78 is 104.